The molecule has 3 aromatic carbocycles. The number of halogens is 2. The van der Waals surface area contributed by atoms with Crippen molar-refractivity contribution in [2.24, 2.45) is 0 Å². The number of carbonyl (C=O) groups is 3. The number of aryl methyl sites for hydroxylation is 1. The van der Waals surface area contributed by atoms with Gasteiger partial charge in [-0.25, -0.2) is 13.3 Å². The molecule has 0 saturated heterocycles. The number of hydrogen-bond acceptors (Lipinski definition) is 5. The lowest BCUT2D eigenvalue weighted by Crippen LogP contribution is -2.30. The molecule has 8 nitrogen and oxygen atoms in total. The molecule has 2 heterocycles. The molecular weight excluding hydrogens is 582 g/mol. The van der Waals surface area contributed by atoms with Crippen LogP contribution in [-0.4, -0.2) is 32.7 Å². The lowest BCUT2D eigenvalue weighted by Gasteiger charge is -2.21. The molecule has 1 N–H and O–H groups in total. The molecule has 0 fully saturated rings. The molecular formula is C26H21BrClN3O5S. The number of nitrogens with one attached hydrogen (secondary N) is 1. The number of benzene rings is 3. The van der Waals surface area contributed by atoms with Gasteiger partial charge in [-0.1, -0.05) is 34.5 Å². The van der Waals surface area contributed by atoms with E-state index >= 15 is 0 Å². The normalized spacial score (nSPS) is 14.7. The van der Waals surface area contributed by atoms with Crippen molar-refractivity contribution in [3.63, 3.8) is 0 Å². The summed E-state index contributed by atoms with van der Waals surface area (Å²) < 4.78 is 30.2. The zero-order valence-corrected chi connectivity index (χ0v) is 23.0. The van der Waals surface area contributed by atoms with Gasteiger partial charge in [0.05, 0.1) is 22.5 Å². The van der Waals surface area contributed by atoms with Crippen LogP contribution in [0.5, 0.6) is 0 Å². The zero-order chi connectivity index (χ0) is 26.6. The molecule has 0 atom stereocenters. The first-order chi connectivity index (χ1) is 17.5. The summed E-state index contributed by atoms with van der Waals surface area (Å²) in [5.74, 6) is -1.12. The van der Waals surface area contributed by atoms with Crippen molar-refractivity contribution in [2.75, 3.05) is 21.1 Å². The Morgan fingerprint density at radius 1 is 1.05 bits per heavy atom. The van der Waals surface area contributed by atoms with Gasteiger partial charge < -0.3 is 4.90 Å². The van der Waals surface area contributed by atoms with Gasteiger partial charge in [-0.2, -0.15) is 0 Å². The van der Waals surface area contributed by atoms with Gasteiger partial charge in [-0.05, 0) is 73.0 Å². The third kappa shape index (κ3) is 4.32. The highest BCUT2D eigenvalue weighted by Gasteiger charge is 2.38. The van der Waals surface area contributed by atoms with Crippen LogP contribution in [0.2, 0.25) is 5.02 Å². The summed E-state index contributed by atoms with van der Waals surface area (Å²) in [7, 11) is -4.09. The minimum atomic E-state index is -4.09. The van der Waals surface area contributed by atoms with Gasteiger partial charge in [0, 0.05) is 28.1 Å². The summed E-state index contributed by atoms with van der Waals surface area (Å²) in [5.41, 5.74) is 2.75. The molecule has 190 valence electrons. The fourth-order valence-electron chi connectivity index (χ4n) is 4.73. The van der Waals surface area contributed by atoms with Crippen molar-refractivity contribution >= 4 is 72.3 Å². The minimum absolute atomic E-state index is 0.00451. The van der Waals surface area contributed by atoms with Crippen LogP contribution in [0.25, 0.3) is 0 Å². The first kappa shape index (κ1) is 25.4. The molecule has 2 aliphatic rings. The Balaban J connectivity index is 1.48. The van der Waals surface area contributed by atoms with Crippen LogP contribution in [0, 0.1) is 6.92 Å². The third-order valence-electron chi connectivity index (χ3n) is 6.42. The van der Waals surface area contributed by atoms with Gasteiger partial charge in [0.15, 0.2) is 0 Å². The van der Waals surface area contributed by atoms with Crippen molar-refractivity contribution < 1.29 is 22.8 Å². The smallest absolute Gasteiger partial charge is 0.266 e. The van der Waals surface area contributed by atoms with Crippen LogP contribution < -0.4 is 14.5 Å². The van der Waals surface area contributed by atoms with Crippen molar-refractivity contribution in [3.05, 3.63) is 80.3 Å². The number of hydrogen-bond donors (Lipinski definition) is 1. The van der Waals surface area contributed by atoms with Gasteiger partial charge in [-0.15, -0.1) is 0 Å². The van der Waals surface area contributed by atoms with Gasteiger partial charge in [0.2, 0.25) is 5.91 Å². The highest BCUT2D eigenvalue weighted by molar-refractivity contribution is 9.10. The van der Waals surface area contributed by atoms with E-state index in [0.29, 0.717) is 39.4 Å². The molecule has 3 amide bonds. The standard InChI is InChI=1S/C26H21BrClN3O5S/c1-3-23(32)30-9-8-15-11-16(27)12-22(24(15)30)37(35,36)29-18-5-7-21(14(2)10-18)31-25(33)19-6-4-17(28)13-20(19)26(31)34/h4-7,10-13,29H,3,8-9H2,1-2H3. The summed E-state index contributed by atoms with van der Waals surface area (Å²) in [6.45, 7) is 3.83. The molecule has 5 rings (SSSR count). The lowest BCUT2D eigenvalue weighted by atomic mass is 10.1. The molecule has 0 aliphatic carbocycles. The number of amides is 3. The van der Waals surface area contributed by atoms with E-state index in [1.54, 1.807) is 26.0 Å². The van der Waals surface area contributed by atoms with Gasteiger partial charge in [-0.3, -0.25) is 19.1 Å². The maximum absolute atomic E-state index is 13.5. The quantitative estimate of drug-likeness (QED) is 0.399. The SMILES string of the molecule is CCC(=O)N1CCc2cc(Br)cc(S(=O)(=O)Nc3ccc(N4C(=O)c5ccc(Cl)cc5C4=O)c(C)c3)c21. The Bertz CT molecular complexity index is 1620. The molecule has 3 aromatic rings. The van der Waals surface area contributed by atoms with E-state index in [4.69, 9.17) is 11.6 Å². The Morgan fingerprint density at radius 3 is 2.49 bits per heavy atom. The van der Waals surface area contributed by atoms with Crippen molar-refractivity contribution in [1.82, 2.24) is 0 Å². The van der Waals surface area contributed by atoms with Gasteiger partial charge >= 0.3 is 0 Å². The Morgan fingerprint density at radius 2 is 1.78 bits per heavy atom. The van der Waals surface area contributed by atoms with E-state index in [2.05, 4.69) is 20.7 Å². The van der Waals surface area contributed by atoms with Crippen molar-refractivity contribution in [3.8, 4) is 0 Å². The van der Waals surface area contributed by atoms with Crippen LogP contribution >= 0.6 is 27.5 Å². The highest BCUT2D eigenvalue weighted by atomic mass is 79.9. The second kappa shape index (κ2) is 9.27. The summed E-state index contributed by atoms with van der Waals surface area (Å²) in [6, 6.07) is 12.4. The number of fused-ring (bicyclic) bond motifs is 2. The average Bonchev–Trinajstić information content (AvgIpc) is 3.37. The summed E-state index contributed by atoms with van der Waals surface area (Å²) >= 11 is 9.38. The number of carbonyl (C=O) groups excluding carboxylic acids is 3. The maximum Gasteiger partial charge on any atom is 0.266 e. The van der Waals surface area contributed by atoms with Crippen LogP contribution in [0.1, 0.15) is 45.2 Å². The van der Waals surface area contributed by atoms with Gasteiger partial charge in [0.1, 0.15) is 4.90 Å². The lowest BCUT2D eigenvalue weighted by molar-refractivity contribution is -0.118. The molecule has 0 aromatic heterocycles. The second-order valence-electron chi connectivity index (χ2n) is 8.80. The van der Waals surface area contributed by atoms with E-state index in [0.717, 1.165) is 10.5 Å². The number of imide groups is 1. The largest absolute Gasteiger partial charge is 0.310 e. The van der Waals surface area contributed by atoms with Crippen LogP contribution in [-0.2, 0) is 21.2 Å². The van der Waals surface area contributed by atoms with Crippen LogP contribution in [0.3, 0.4) is 0 Å². The average molecular weight is 603 g/mol. The first-order valence-corrected chi connectivity index (χ1v) is 14.1. The van der Waals surface area contributed by atoms with E-state index in [1.807, 2.05) is 6.07 Å². The summed E-state index contributed by atoms with van der Waals surface area (Å²) in [5, 5.41) is 0.349. The van der Waals surface area contributed by atoms with Crippen LogP contribution in [0.4, 0.5) is 17.1 Å². The predicted molar refractivity (Wildman–Crippen MR) is 145 cm³/mol. The number of rotatable bonds is 5. The minimum Gasteiger partial charge on any atom is -0.310 e. The van der Waals surface area contributed by atoms with E-state index in [1.165, 1.54) is 35.2 Å². The number of anilines is 3. The fraction of sp³-hybridized carbons (Fsp3) is 0.192. The summed E-state index contributed by atoms with van der Waals surface area (Å²) in [4.78, 5) is 41.0. The van der Waals surface area contributed by atoms with E-state index < -0.39 is 21.8 Å². The van der Waals surface area contributed by atoms with Crippen molar-refractivity contribution in [1.29, 1.82) is 0 Å². The predicted octanol–water partition coefficient (Wildman–Crippen LogP) is 5.31. The fourth-order valence-corrected chi connectivity index (χ4v) is 6.88. The zero-order valence-electron chi connectivity index (χ0n) is 19.8. The maximum atomic E-state index is 13.5. The molecule has 37 heavy (non-hydrogen) atoms. The number of nitrogens with zero attached hydrogens (tertiary/aromatic N) is 2. The second-order valence-corrected chi connectivity index (χ2v) is 11.8. The molecule has 0 saturated carbocycles. The molecule has 0 unspecified atom stereocenters. The topological polar surface area (TPSA) is 104 Å². The van der Waals surface area contributed by atoms with Gasteiger partial charge in [0.25, 0.3) is 21.8 Å². The molecule has 0 bridgehead atoms. The van der Waals surface area contributed by atoms with Crippen molar-refractivity contribution in [2.45, 2.75) is 31.6 Å². The Labute approximate surface area is 227 Å². The first-order valence-electron chi connectivity index (χ1n) is 11.5. The third-order valence-corrected chi connectivity index (χ3v) is 8.51. The number of sulfonamides is 1. The molecule has 0 spiro atoms. The Hall–Kier alpha value is -3.21. The molecule has 2 aliphatic heterocycles. The molecule has 0 radical (unpaired) electrons. The van der Waals surface area contributed by atoms with E-state index in [9.17, 15) is 22.8 Å². The monoisotopic (exact) mass is 601 g/mol. The summed E-state index contributed by atoms with van der Waals surface area (Å²) in [6.07, 6.45) is 0.815. The Kier molecular flexibility index (Phi) is 6.37. The highest BCUT2D eigenvalue weighted by Crippen LogP contribution is 2.39. The van der Waals surface area contributed by atoms with Crippen LogP contribution in [0.15, 0.2) is 57.9 Å². The van der Waals surface area contributed by atoms with E-state index in [-0.39, 0.29) is 34.0 Å². The molecule has 11 heteroatoms.